The highest BCUT2D eigenvalue weighted by Crippen LogP contribution is 2.40. The minimum Gasteiger partial charge on any atom is -0.371 e. The minimum absolute atomic E-state index is 0.596. The fourth-order valence-electron chi connectivity index (χ4n) is 3.44. The Balaban J connectivity index is 1.87. The van der Waals surface area contributed by atoms with Gasteiger partial charge in [0.1, 0.15) is 0 Å². The van der Waals surface area contributed by atoms with Gasteiger partial charge in [0, 0.05) is 30.3 Å². The van der Waals surface area contributed by atoms with Crippen LogP contribution in [0.5, 0.6) is 0 Å². The maximum atomic E-state index is 6.11. The molecule has 1 saturated heterocycles. The lowest BCUT2D eigenvalue weighted by atomic mass is 10.0. The van der Waals surface area contributed by atoms with Gasteiger partial charge in [-0.1, -0.05) is 24.1 Å². The van der Waals surface area contributed by atoms with Crippen LogP contribution in [0.4, 0.5) is 5.69 Å². The van der Waals surface area contributed by atoms with Crippen molar-refractivity contribution in [3.8, 4) is 0 Å². The van der Waals surface area contributed by atoms with Crippen LogP contribution in [0.15, 0.2) is 18.2 Å². The van der Waals surface area contributed by atoms with Gasteiger partial charge in [-0.2, -0.15) is 0 Å². The molecule has 3 heteroatoms. The monoisotopic (exact) mass is 250 g/mol. The van der Waals surface area contributed by atoms with Crippen LogP contribution >= 0.6 is 11.6 Å². The van der Waals surface area contributed by atoms with E-state index in [1.54, 1.807) is 0 Å². The van der Waals surface area contributed by atoms with Crippen LogP contribution in [-0.4, -0.2) is 13.1 Å². The molecule has 2 fully saturated rings. The van der Waals surface area contributed by atoms with Crippen molar-refractivity contribution < 1.29 is 0 Å². The van der Waals surface area contributed by atoms with E-state index < -0.39 is 0 Å². The molecule has 1 aliphatic carbocycles. The lowest BCUT2D eigenvalue weighted by molar-refractivity contribution is 0.494. The van der Waals surface area contributed by atoms with Gasteiger partial charge in [-0.25, -0.2) is 0 Å². The van der Waals surface area contributed by atoms with Crippen molar-refractivity contribution in [2.75, 3.05) is 18.0 Å². The average Bonchev–Trinajstić information content (AvgIpc) is 2.88. The SMILES string of the molecule is NCc1ccc(Cl)cc1N1CC2CCCC2C1. The standard InChI is InChI=1S/C14H19ClN2/c15-13-5-4-10(7-16)14(6-13)17-8-11-2-1-3-12(11)9-17/h4-6,11-12H,1-3,7-9,16H2. The second-order valence-electron chi connectivity index (χ2n) is 5.33. The third-order valence-electron chi connectivity index (χ3n) is 4.33. The van der Waals surface area contributed by atoms with Crippen molar-refractivity contribution in [2.45, 2.75) is 25.8 Å². The number of rotatable bonds is 2. The Morgan fingerprint density at radius 3 is 2.59 bits per heavy atom. The van der Waals surface area contributed by atoms with E-state index in [-0.39, 0.29) is 0 Å². The maximum absolute atomic E-state index is 6.11. The van der Waals surface area contributed by atoms with E-state index in [1.807, 2.05) is 6.07 Å². The molecule has 0 amide bonds. The minimum atomic E-state index is 0.596. The van der Waals surface area contributed by atoms with Gasteiger partial charge in [-0.05, 0) is 42.4 Å². The Bertz CT molecular complexity index is 407. The highest BCUT2D eigenvalue weighted by atomic mass is 35.5. The van der Waals surface area contributed by atoms with Crippen molar-refractivity contribution in [2.24, 2.45) is 17.6 Å². The van der Waals surface area contributed by atoms with E-state index in [0.29, 0.717) is 6.54 Å². The molecule has 2 N–H and O–H groups in total. The zero-order valence-electron chi connectivity index (χ0n) is 10.0. The van der Waals surface area contributed by atoms with Crippen molar-refractivity contribution in [1.82, 2.24) is 0 Å². The molecule has 0 aromatic heterocycles. The Morgan fingerprint density at radius 1 is 1.24 bits per heavy atom. The molecule has 1 aliphatic heterocycles. The quantitative estimate of drug-likeness (QED) is 0.874. The molecule has 3 rings (SSSR count). The number of nitrogens with zero attached hydrogens (tertiary/aromatic N) is 1. The predicted molar refractivity (Wildman–Crippen MR) is 72.4 cm³/mol. The van der Waals surface area contributed by atoms with E-state index in [0.717, 1.165) is 16.9 Å². The number of hydrogen-bond acceptors (Lipinski definition) is 2. The summed E-state index contributed by atoms with van der Waals surface area (Å²) < 4.78 is 0. The molecule has 0 bridgehead atoms. The van der Waals surface area contributed by atoms with Crippen molar-refractivity contribution in [1.29, 1.82) is 0 Å². The molecule has 2 nitrogen and oxygen atoms in total. The van der Waals surface area contributed by atoms with Gasteiger partial charge in [-0.15, -0.1) is 0 Å². The number of anilines is 1. The Hall–Kier alpha value is -0.730. The van der Waals surface area contributed by atoms with Gasteiger partial charge in [0.05, 0.1) is 0 Å². The zero-order chi connectivity index (χ0) is 11.8. The van der Waals surface area contributed by atoms with Crippen molar-refractivity contribution >= 4 is 17.3 Å². The summed E-state index contributed by atoms with van der Waals surface area (Å²) in [7, 11) is 0. The van der Waals surface area contributed by atoms with E-state index in [1.165, 1.54) is 43.6 Å². The first-order valence-electron chi connectivity index (χ1n) is 6.51. The molecule has 92 valence electrons. The highest BCUT2D eigenvalue weighted by Gasteiger charge is 2.36. The van der Waals surface area contributed by atoms with E-state index in [9.17, 15) is 0 Å². The smallest absolute Gasteiger partial charge is 0.0426 e. The number of fused-ring (bicyclic) bond motifs is 1. The molecule has 1 aromatic carbocycles. The van der Waals surface area contributed by atoms with Gasteiger partial charge >= 0.3 is 0 Å². The molecule has 2 aliphatic rings. The summed E-state index contributed by atoms with van der Waals surface area (Å²) in [6.07, 6.45) is 4.22. The molecule has 2 unspecified atom stereocenters. The van der Waals surface area contributed by atoms with Crippen molar-refractivity contribution in [3.05, 3.63) is 28.8 Å². The topological polar surface area (TPSA) is 29.3 Å². The molecule has 1 aromatic rings. The van der Waals surface area contributed by atoms with Crippen LogP contribution in [-0.2, 0) is 6.54 Å². The highest BCUT2D eigenvalue weighted by molar-refractivity contribution is 6.30. The second kappa shape index (κ2) is 4.51. The fourth-order valence-corrected chi connectivity index (χ4v) is 3.60. The third-order valence-corrected chi connectivity index (χ3v) is 4.57. The van der Waals surface area contributed by atoms with Gasteiger partial charge < -0.3 is 10.6 Å². The van der Waals surface area contributed by atoms with Gasteiger partial charge in [-0.3, -0.25) is 0 Å². The lowest BCUT2D eigenvalue weighted by Crippen LogP contribution is -2.22. The van der Waals surface area contributed by atoms with Crippen LogP contribution in [0.25, 0.3) is 0 Å². The Morgan fingerprint density at radius 2 is 1.94 bits per heavy atom. The van der Waals surface area contributed by atoms with E-state index in [2.05, 4.69) is 17.0 Å². The van der Waals surface area contributed by atoms with Gasteiger partial charge in [0.2, 0.25) is 0 Å². The zero-order valence-corrected chi connectivity index (χ0v) is 10.8. The van der Waals surface area contributed by atoms with E-state index >= 15 is 0 Å². The summed E-state index contributed by atoms with van der Waals surface area (Å²) >= 11 is 6.11. The van der Waals surface area contributed by atoms with Gasteiger partial charge in [0.15, 0.2) is 0 Å². The molecular formula is C14H19ClN2. The molecule has 0 radical (unpaired) electrons. The molecule has 2 atom stereocenters. The molecular weight excluding hydrogens is 232 g/mol. The normalized spacial score (nSPS) is 27.5. The summed E-state index contributed by atoms with van der Waals surface area (Å²) in [5.41, 5.74) is 8.29. The predicted octanol–water partition coefficient (Wildman–Crippen LogP) is 3.04. The molecule has 1 saturated carbocycles. The summed E-state index contributed by atoms with van der Waals surface area (Å²) in [5, 5.41) is 0.814. The second-order valence-corrected chi connectivity index (χ2v) is 5.77. The van der Waals surface area contributed by atoms with Crippen LogP contribution < -0.4 is 10.6 Å². The summed E-state index contributed by atoms with van der Waals surface area (Å²) in [5.74, 6) is 1.80. The third kappa shape index (κ3) is 2.04. The van der Waals surface area contributed by atoms with Crippen molar-refractivity contribution in [3.63, 3.8) is 0 Å². The van der Waals surface area contributed by atoms with Crippen LogP contribution in [0.3, 0.4) is 0 Å². The van der Waals surface area contributed by atoms with Crippen LogP contribution in [0.1, 0.15) is 24.8 Å². The summed E-state index contributed by atoms with van der Waals surface area (Å²) in [6, 6.07) is 6.07. The van der Waals surface area contributed by atoms with E-state index in [4.69, 9.17) is 17.3 Å². The largest absolute Gasteiger partial charge is 0.371 e. The first-order valence-corrected chi connectivity index (χ1v) is 6.89. The number of hydrogen-bond donors (Lipinski definition) is 1. The lowest BCUT2D eigenvalue weighted by Gasteiger charge is -2.22. The Kier molecular flexibility index (Phi) is 3.01. The molecule has 1 heterocycles. The first kappa shape index (κ1) is 11.4. The Labute approximate surface area is 108 Å². The average molecular weight is 251 g/mol. The fraction of sp³-hybridized carbons (Fsp3) is 0.571. The number of halogens is 1. The van der Waals surface area contributed by atoms with Gasteiger partial charge in [0.25, 0.3) is 0 Å². The molecule has 17 heavy (non-hydrogen) atoms. The number of benzene rings is 1. The maximum Gasteiger partial charge on any atom is 0.0426 e. The summed E-state index contributed by atoms with van der Waals surface area (Å²) in [6.45, 7) is 2.98. The number of nitrogens with two attached hydrogens (primary N) is 1. The first-order chi connectivity index (χ1) is 8.28. The molecule has 0 spiro atoms. The summed E-state index contributed by atoms with van der Waals surface area (Å²) in [4.78, 5) is 2.49. The van der Waals surface area contributed by atoms with Crippen LogP contribution in [0.2, 0.25) is 5.02 Å². The van der Waals surface area contributed by atoms with Crippen LogP contribution in [0, 0.1) is 11.8 Å².